The van der Waals surface area contributed by atoms with E-state index in [2.05, 4.69) is 4.72 Å². The van der Waals surface area contributed by atoms with Crippen molar-refractivity contribution >= 4 is 21.7 Å². The summed E-state index contributed by atoms with van der Waals surface area (Å²) in [4.78, 5) is 10.4. The molecule has 0 unspecified atom stereocenters. The summed E-state index contributed by atoms with van der Waals surface area (Å²) in [7, 11) is -3.44. The van der Waals surface area contributed by atoms with Crippen molar-refractivity contribution in [2.24, 2.45) is 0 Å². The Morgan fingerprint density at radius 1 is 1.37 bits per heavy atom. The summed E-state index contributed by atoms with van der Waals surface area (Å²) in [5, 5.41) is 8.55. The zero-order chi connectivity index (χ0) is 14.3. The summed E-state index contributed by atoms with van der Waals surface area (Å²) < 4.78 is 31.0. The summed E-state index contributed by atoms with van der Waals surface area (Å²) in [6.45, 7) is 1.38. The van der Waals surface area contributed by atoms with Gasteiger partial charge in [-0.15, -0.1) is 0 Å². The van der Waals surface area contributed by atoms with Crippen LogP contribution in [-0.2, 0) is 14.8 Å². The summed E-state index contributed by atoms with van der Waals surface area (Å²) in [6.07, 6.45) is 1.34. The molecule has 2 N–H and O–H groups in total. The average Bonchev–Trinajstić information content (AvgIpc) is 2.35. The molecule has 0 aliphatic heterocycles. The fraction of sp³-hybridized carbons (Fsp3) is 0.417. The molecule has 0 radical (unpaired) electrons. The van der Waals surface area contributed by atoms with Crippen molar-refractivity contribution in [1.29, 1.82) is 0 Å². The van der Waals surface area contributed by atoms with Gasteiger partial charge in [-0.1, -0.05) is 25.5 Å². The Balaban J connectivity index is 2.80. The molecular weight excluding hydrogens is 270 g/mol. The molecule has 19 heavy (non-hydrogen) atoms. The topological polar surface area (TPSA) is 92.7 Å². The Morgan fingerprint density at radius 2 is 2.05 bits per heavy atom. The zero-order valence-electron chi connectivity index (χ0n) is 10.6. The van der Waals surface area contributed by atoms with E-state index < -0.39 is 22.6 Å². The molecule has 0 fully saturated rings. The van der Waals surface area contributed by atoms with Gasteiger partial charge in [0.25, 0.3) is 0 Å². The molecule has 0 atom stereocenters. The molecule has 1 rings (SSSR count). The molecule has 1 aromatic carbocycles. The van der Waals surface area contributed by atoms with Crippen LogP contribution in [0.4, 0.5) is 5.69 Å². The van der Waals surface area contributed by atoms with Crippen LogP contribution in [0.25, 0.3) is 0 Å². The molecule has 0 spiro atoms. The summed E-state index contributed by atoms with van der Waals surface area (Å²) >= 11 is 0. The Kier molecular flexibility index (Phi) is 5.62. The van der Waals surface area contributed by atoms with Crippen LogP contribution in [0.2, 0.25) is 0 Å². The van der Waals surface area contributed by atoms with E-state index in [1.165, 1.54) is 12.1 Å². The van der Waals surface area contributed by atoms with Crippen LogP contribution in [-0.4, -0.2) is 31.9 Å². The van der Waals surface area contributed by atoms with Crippen LogP contribution in [0.15, 0.2) is 24.3 Å². The van der Waals surface area contributed by atoms with Crippen molar-refractivity contribution in [1.82, 2.24) is 0 Å². The predicted molar refractivity (Wildman–Crippen MR) is 71.9 cm³/mol. The van der Waals surface area contributed by atoms with Crippen molar-refractivity contribution in [3.05, 3.63) is 24.3 Å². The van der Waals surface area contributed by atoms with Gasteiger partial charge < -0.3 is 9.84 Å². The second kappa shape index (κ2) is 6.98. The molecule has 7 heteroatoms. The molecule has 0 saturated heterocycles. The number of hydrogen-bond donors (Lipinski definition) is 2. The number of carboxylic acid groups (broad SMARTS) is 1. The minimum Gasteiger partial charge on any atom is -0.480 e. The Bertz CT molecular complexity index is 527. The van der Waals surface area contributed by atoms with Gasteiger partial charge in [-0.25, -0.2) is 13.2 Å². The van der Waals surface area contributed by atoms with Gasteiger partial charge in [0.2, 0.25) is 10.0 Å². The first-order valence-electron chi connectivity index (χ1n) is 5.88. The molecule has 0 aromatic heterocycles. The SMILES string of the molecule is CCCCS(=O)(=O)Nc1ccccc1OCC(=O)O. The van der Waals surface area contributed by atoms with Gasteiger partial charge in [0.1, 0.15) is 5.75 Å². The standard InChI is InChI=1S/C12H17NO5S/c1-2-3-8-19(16,17)13-10-6-4-5-7-11(10)18-9-12(14)15/h4-7,13H,2-3,8-9H2,1H3,(H,14,15). The van der Waals surface area contributed by atoms with E-state index in [9.17, 15) is 13.2 Å². The fourth-order valence-corrected chi connectivity index (χ4v) is 2.64. The molecule has 0 heterocycles. The van der Waals surface area contributed by atoms with Crippen LogP contribution in [0.1, 0.15) is 19.8 Å². The number of hydrogen-bond acceptors (Lipinski definition) is 4. The minimum absolute atomic E-state index is 0.0246. The fourth-order valence-electron chi connectivity index (χ4n) is 1.37. The number of carboxylic acids is 1. The highest BCUT2D eigenvalue weighted by molar-refractivity contribution is 7.92. The lowest BCUT2D eigenvalue weighted by molar-refractivity contribution is -0.139. The number of rotatable bonds is 8. The second-order valence-corrected chi connectivity index (χ2v) is 5.79. The molecular formula is C12H17NO5S. The molecule has 6 nitrogen and oxygen atoms in total. The largest absolute Gasteiger partial charge is 0.480 e. The lowest BCUT2D eigenvalue weighted by Gasteiger charge is -2.12. The maximum Gasteiger partial charge on any atom is 0.341 e. The number of sulfonamides is 1. The molecule has 0 aliphatic carbocycles. The van der Waals surface area contributed by atoms with E-state index in [-0.39, 0.29) is 17.2 Å². The van der Waals surface area contributed by atoms with Gasteiger partial charge in [-0.2, -0.15) is 0 Å². The number of benzene rings is 1. The maximum absolute atomic E-state index is 11.8. The van der Waals surface area contributed by atoms with E-state index in [0.29, 0.717) is 6.42 Å². The van der Waals surface area contributed by atoms with E-state index in [1.54, 1.807) is 12.1 Å². The lowest BCUT2D eigenvalue weighted by atomic mass is 10.3. The number of ether oxygens (including phenoxy) is 1. The first-order valence-corrected chi connectivity index (χ1v) is 7.54. The molecule has 0 bridgehead atoms. The van der Waals surface area contributed by atoms with Gasteiger partial charge in [-0.3, -0.25) is 4.72 Å². The Hall–Kier alpha value is -1.76. The van der Waals surface area contributed by atoms with E-state index in [4.69, 9.17) is 9.84 Å². The summed E-state index contributed by atoms with van der Waals surface area (Å²) in [6, 6.07) is 6.33. The average molecular weight is 287 g/mol. The normalized spacial score (nSPS) is 11.0. The van der Waals surface area contributed by atoms with Gasteiger partial charge in [0, 0.05) is 0 Å². The van der Waals surface area contributed by atoms with E-state index in [0.717, 1.165) is 6.42 Å². The monoisotopic (exact) mass is 287 g/mol. The Morgan fingerprint density at radius 3 is 2.68 bits per heavy atom. The number of carbonyl (C=O) groups is 1. The van der Waals surface area contributed by atoms with Crippen LogP contribution >= 0.6 is 0 Å². The summed E-state index contributed by atoms with van der Waals surface area (Å²) in [5.41, 5.74) is 0.250. The lowest BCUT2D eigenvalue weighted by Crippen LogP contribution is -2.18. The molecule has 0 amide bonds. The molecule has 0 aliphatic rings. The first kappa shape index (κ1) is 15.3. The zero-order valence-corrected chi connectivity index (χ0v) is 11.4. The number of nitrogens with one attached hydrogen (secondary N) is 1. The van der Waals surface area contributed by atoms with Gasteiger partial charge in [0.05, 0.1) is 11.4 Å². The van der Waals surface area contributed by atoms with Gasteiger partial charge in [0.15, 0.2) is 6.61 Å². The third kappa shape index (κ3) is 5.60. The van der Waals surface area contributed by atoms with Crippen LogP contribution < -0.4 is 9.46 Å². The van der Waals surface area contributed by atoms with E-state index >= 15 is 0 Å². The maximum atomic E-state index is 11.8. The second-order valence-electron chi connectivity index (χ2n) is 3.95. The number of aliphatic carboxylic acids is 1. The molecule has 1 aromatic rings. The number of para-hydroxylation sites is 2. The highest BCUT2D eigenvalue weighted by Crippen LogP contribution is 2.24. The highest BCUT2D eigenvalue weighted by atomic mass is 32.2. The van der Waals surface area contributed by atoms with Crippen LogP contribution in [0, 0.1) is 0 Å². The molecule has 0 saturated carbocycles. The van der Waals surface area contributed by atoms with Crippen molar-refractivity contribution in [3.63, 3.8) is 0 Å². The third-order valence-corrected chi connectivity index (χ3v) is 3.63. The van der Waals surface area contributed by atoms with Crippen molar-refractivity contribution < 1.29 is 23.1 Å². The van der Waals surface area contributed by atoms with Crippen molar-refractivity contribution in [3.8, 4) is 5.75 Å². The third-order valence-electron chi connectivity index (χ3n) is 2.27. The van der Waals surface area contributed by atoms with Gasteiger partial charge >= 0.3 is 5.97 Å². The predicted octanol–water partition coefficient (Wildman–Crippen LogP) is 1.69. The van der Waals surface area contributed by atoms with Crippen LogP contribution in [0.5, 0.6) is 5.75 Å². The quantitative estimate of drug-likeness (QED) is 0.759. The Labute approximate surface area is 112 Å². The first-order chi connectivity index (χ1) is 8.94. The molecule has 106 valence electrons. The van der Waals surface area contributed by atoms with Crippen molar-refractivity contribution in [2.45, 2.75) is 19.8 Å². The van der Waals surface area contributed by atoms with Crippen LogP contribution in [0.3, 0.4) is 0 Å². The summed E-state index contributed by atoms with van der Waals surface area (Å²) in [5.74, 6) is -0.898. The number of unbranched alkanes of at least 4 members (excludes halogenated alkanes) is 1. The number of anilines is 1. The van der Waals surface area contributed by atoms with Gasteiger partial charge in [-0.05, 0) is 18.6 Å². The van der Waals surface area contributed by atoms with E-state index in [1.807, 2.05) is 6.92 Å². The van der Waals surface area contributed by atoms with Crippen molar-refractivity contribution in [2.75, 3.05) is 17.1 Å². The highest BCUT2D eigenvalue weighted by Gasteiger charge is 2.13. The smallest absolute Gasteiger partial charge is 0.341 e. The minimum atomic E-state index is -3.44.